The summed E-state index contributed by atoms with van der Waals surface area (Å²) in [5.41, 5.74) is -0.351. The smallest absolute Gasteiger partial charge is 0.250 e. The van der Waals surface area contributed by atoms with Gasteiger partial charge < -0.3 is 25.2 Å². The number of carbonyl (C=O) groups is 2. The standard InChI is InChI=1S/C22H24FN3O5/c1-11(27)17-10-15(20(28)24-18-9-13(30-2)5-7-19(18)31-3)22(26-17)14-8-12(23)4-6-16(14)25-21(22)29/h4-9,11,15,17,26-27H,10H2,1-3H3,(H,24,28)(H,25,29)/t11-,15-,17-,22+/m1/s1. The van der Waals surface area contributed by atoms with Crippen LogP contribution in [0.4, 0.5) is 15.8 Å². The number of halogens is 1. The van der Waals surface area contributed by atoms with Crippen LogP contribution in [-0.2, 0) is 15.1 Å². The summed E-state index contributed by atoms with van der Waals surface area (Å²) in [6.45, 7) is 1.58. The molecule has 2 aromatic rings. The van der Waals surface area contributed by atoms with Gasteiger partial charge in [-0.3, -0.25) is 14.9 Å². The monoisotopic (exact) mass is 429 g/mol. The molecule has 31 heavy (non-hydrogen) atoms. The molecule has 0 saturated carbocycles. The highest BCUT2D eigenvalue weighted by Gasteiger charge is 2.60. The Morgan fingerprint density at radius 3 is 2.71 bits per heavy atom. The molecule has 164 valence electrons. The number of hydrogen-bond acceptors (Lipinski definition) is 6. The van der Waals surface area contributed by atoms with Crippen LogP contribution in [0.15, 0.2) is 36.4 Å². The van der Waals surface area contributed by atoms with Crippen LogP contribution < -0.4 is 25.4 Å². The molecule has 0 aromatic heterocycles. The Morgan fingerprint density at radius 1 is 1.26 bits per heavy atom. The van der Waals surface area contributed by atoms with Crippen molar-refractivity contribution in [3.63, 3.8) is 0 Å². The molecule has 1 spiro atoms. The van der Waals surface area contributed by atoms with Crippen molar-refractivity contribution in [3.05, 3.63) is 47.8 Å². The van der Waals surface area contributed by atoms with Gasteiger partial charge in [0.2, 0.25) is 11.8 Å². The van der Waals surface area contributed by atoms with E-state index < -0.39 is 41.2 Å². The molecule has 2 aromatic carbocycles. The van der Waals surface area contributed by atoms with Gasteiger partial charge in [-0.25, -0.2) is 4.39 Å². The highest BCUT2D eigenvalue weighted by Crippen LogP contribution is 2.48. The maximum absolute atomic E-state index is 14.1. The van der Waals surface area contributed by atoms with Crippen molar-refractivity contribution >= 4 is 23.2 Å². The third kappa shape index (κ3) is 3.39. The van der Waals surface area contributed by atoms with Gasteiger partial charge in [0.05, 0.1) is 31.9 Å². The number of fused-ring (bicyclic) bond motifs is 2. The molecule has 1 saturated heterocycles. The number of carbonyl (C=O) groups excluding carboxylic acids is 2. The van der Waals surface area contributed by atoms with Crippen molar-refractivity contribution in [1.29, 1.82) is 0 Å². The molecule has 2 aliphatic heterocycles. The summed E-state index contributed by atoms with van der Waals surface area (Å²) in [5.74, 6) is -1.42. The van der Waals surface area contributed by atoms with Crippen molar-refractivity contribution in [2.24, 2.45) is 5.92 Å². The first kappa shape index (κ1) is 21.1. The average Bonchev–Trinajstić information content (AvgIpc) is 3.28. The fourth-order valence-corrected chi connectivity index (χ4v) is 4.42. The number of anilines is 2. The van der Waals surface area contributed by atoms with Crippen LogP contribution in [0, 0.1) is 11.7 Å². The number of rotatable bonds is 5. The molecule has 8 nitrogen and oxygen atoms in total. The van der Waals surface area contributed by atoms with Crippen LogP contribution in [0.2, 0.25) is 0 Å². The molecule has 4 atom stereocenters. The summed E-state index contributed by atoms with van der Waals surface area (Å²) < 4.78 is 24.6. The lowest BCUT2D eigenvalue weighted by atomic mass is 9.79. The van der Waals surface area contributed by atoms with E-state index in [4.69, 9.17) is 9.47 Å². The fraction of sp³-hybridized carbons (Fsp3) is 0.364. The number of ether oxygens (including phenoxy) is 2. The molecule has 4 N–H and O–H groups in total. The number of methoxy groups -OCH3 is 2. The van der Waals surface area contributed by atoms with Gasteiger partial charge >= 0.3 is 0 Å². The summed E-state index contributed by atoms with van der Waals surface area (Å²) in [5, 5.41) is 18.9. The Morgan fingerprint density at radius 2 is 2.03 bits per heavy atom. The molecule has 2 amide bonds. The van der Waals surface area contributed by atoms with E-state index in [1.54, 1.807) is 25.1 Å². The molecule has 0 radical (unpaired) electrons. The number of amides is 2. The predicted octanol–water partition coefficient (Wildman–Crippen LogP) is 1.99. The third-order valence-electron chi connectivity index (χ3n) is 6.00. The zero-order chi connectivity index (χ0) is 22.3. The van der Waals surface area contributed by atoms with E-state index in [1.165, 1.54) is 32.4 Å². The number of aliphatic hydroxyl groups excluding tert-OH is 1. The van der Waals surface area contributed by atoms with Crippen LogP contribution in [-0.4, -0.2) is 43.3 Å². The lowest BCUT2D eigenvalue weighted by Crippen LogP contribution is -2.53. The first-order valence-electron chi connectivity index (χ1n) is 9.90. The summed E-state index contributed by atoms with van der Waals surface area (Å²) in [4.78, 5) is 26.6. The lowest BCUT2D eigenvalue weighted by Gasteiger charge is -2.29. The largest absolute Gasteiger partial charge is 0.497 e. The van der Waals surface area contributed by atoms with Gasteiger partial charge in [-0.15, -0.1) is 0 Å². The highest BCUT2D eigenvalue weighted by atomic mass is 19.1. The molecule has 4 rings (SSSR count). The first-order valence-corrected chi connectivity index (χ1v) is 9.90. The van der Waals surface area contributed by atoms with E-state index in [0.29, 0.717) is 28.4 Å². The molecule has 0 aliphatic carbocycles. The minimum Gasteiger partial charge on any atom is -0.497 e. The number of hydrogen-bond donors (Lipinski definition) is 4. The SMILES string of the molecule is COc1ccc(OC)c(NC(=O)[C@H]2C[C@H]([C@@H](C)O)N[C@]23C(=O)Nc2ccc(F)cc23)c1. The minimum absolute atomic E-state index is 0.180. The average molecular weight is 429 g/mol. The summed E-state index contributed by atoms with van der Waals surface area (Å²) in [6.07, 6.45) is -0.648. The Bertz CT molecular complexity index is 1040. The summed E-state index contributed by atoms with van der Waals surface area (Å²) in [6, 6.07) is 8.38. The second-order valence-corrected chi connectivity index (χ2v) is 7.79. The van der Waals surface area contributed by atoms with Crippen molar-refractivity contribution in [2.45, 2.75) is 31.0 Å². The van der Waals surface area contributed by atoms with Crippen molar-refractivity contribution in [3.8, 4) is 11.5 Å². The second-order valence-electron chi connectivity index (χ2n) is 7.79. The maximum atomic E-state index is 14.1. The van der Waals surface area contributed by atoms with Crippen molar-refractivity contribution in [1.82, 2.24) is 5.32 Å². The van der Waals surface area contributed by atoms with Gasteiger partial charge in [0, 0.05) is 23.4 Å². The minimum atomic E-state index is -1.50. The Labute approximate surface area is 178 Å². The van der Waals surface area contributed by atoms with Gasteiger partial charge in [0.25, 0.3) is 0 Å². The van der Waals surface area contributed by atoms with Gasteiger partial charge in [0.15, 0.2) is 0 Å². The van der Waals surface area contributed by atoms with E-state index in [-0.39, 0.29) is 6.42 Å². The van der Waals surface area contributed by atoms with E-state index in [0.717, 1.165) is 0 Å². The maximum Gasteiger partial charge on any atom is 0.250 e. The fourth-order valence-electron chi connectivity index (χ4n) is 4.42. The Balaban J connectivity index is 1.75. The summed E-state index contributed by atoms with van der Waals surface area (Å²) >= 11 is 0. The van der Waals surface area contributed by atoms with Gasteiger partial charge in [0.1, 0.15) is 22.9 Å². The van der Waals surface area contributed by atoms with Crippen molar-refractivity contribution < 1.29 is 28.6 Å². The van der Waals surface area contributed by atoms with Gasteiger partial charge in [-0.05, 0) is 43.7 Å². The number of benzene rings is 2. The van der Waals surface area contributed by atoms with E-state index in [9.17, 15) is 19.1 Å². The van der Waals surface area contributed by atoms with Crippen LogP contribution in [0.3, 0.4) is 0 Å². The predicted molar refractivity (Wildman–Crippen MR) is 112 cm³/mol. The van der Waals surface area contributed by atoms with Crippen LogP contribution in [0.5, 0.6) is 11.5 Å². The van der Waals surface area contributed by atoms with Gasteiger partial charge in [-0.1, -0.05) is 0 Å². The van der Waals surface area contributed by atoms with Gasteiger partial charge in [-0.2, -0.15) is 0 Å². The molecule has 2 heterocycles. The third-order valence-corrected chi connectivity index (χ3v) is 6.00. The van der Waals surface area contributed by atoms with E-state index in [2.05, 4.69) is 16.0 Å². The molecule has 9 heteroatoms. The van der Waals surface area contributed by atoms with Crippen LogP contribution in [0.1, 0.15) is 18.9 Å². The normalized spacial score (nSPS) is 25.1. The number of nitrogens with one attached hydrogen (secondary N) is 3. The molecule has 2 aliphatic rings. The van der Waals surface area contributed by atoms with E-state index in [1.807, 2.05) is 0 Å². The Kier molecular flexibility index (Phi) is 5.32. The zero-order valence-corrected chi connectivity index (χ0v) is 17.4. The van der Waals surface area contributed by atoms with Crippen LogP contribution in [0.25, 0.3) is 0 Å². The second kappa shape index (κ2) is 7.82. The molecule has 0 unspecified atom stereocenters. The van der Waals surface area contributed by atoms with Crippen LogP contribution >= 0.6 is 0 Å². The molecule has 0 bridgehead atoms. The van der Waals surface area contributed by atoms with Crippen molar-refractivity contribution in [2.75, 3.05) is 24.9 Å². The zero-order valence-electron chi connectivity index (χ0n) is 17.4. The molecular formula is C22H24FN3O5. The molecule has 1 fully saturated rings. The quantitative estimate of drug-likeness (QED) is 0.579. The number of aliphatic hydroxyl groups is 1. The Hall–Kier alpha value is -3.17. The summed E-state index contributed by atoms with van der Waals surface area (Å²) in [7, 11) is 2.98. The van der Waals surface area contributed by atoms with E-state index >= 15 is 0 Å². The topological polar surface area (TPSA) is 109 Å². The molecular weight excluding hydrogens is 405 g/mol. The highest BCUT2D eigenvalue weighted by molar-refractivity contribution is 6.10. The lowest BCUT2D eigenvalue weighted by molar-refractivity contribution is -0.130. The first-order chi connectivity index (χ1) is 14.8.